The largest absolute Gasteiger partial charge is 0.286 e. The number of unbranched alkanes of at least 4 members (excludes halogenated alkanes) is 1. The molecule has 1 radical (unpaired) electrons. The maximum absolute atomic E-state index is 10.1. The molecule has 0 atom stereocenters. The first-order valence-electron chi connectivity index (χ1n) is 3.11. The average Bonchev–Trinajstić information content (AvgIpc) is 1.76. The molecule has 0 aromatic rings. The predicted molar refractivity (Wildman–Crippen MR) is 47.8 cm³/mol. The Bertz CT molecular complexity index is 283. The van der Waals surface area contributed by atoms with Crippen molar-refractivity contribution in [1.29, 1.82) is 0 Å². The third-order valence-corrected chi connectivity index (χ3v) is 2.66. The second kappa shape index (κ2) is 6.33. The SMILES string of the molecule is O=S(=O)(O)CCCCS(=O)(=O)O.[Na]. The maximum atomic E-state index is 10.1. The van der Waals surface area contributed by atoms with Gasteiger partial charge in [0.15, 0.2) is 0 Å². The smallest absolute Gasteiger partial charge is 0.264 e. The van der Waals surface area contributed by atoms with Crippen LogP contribution in [0.4, 0.5) is 0 Å². The van der Waals surface area contributed by atoms with Crippen LogP contribution in [0.15, 0.2) is 0 Å². The van der Waals surface area contributed by atoms with Crippen LogP contribution in [0.2, 0.25) is 0 Å². The van der Waals surface area contributed by atoms with Gasteiger partial charge in [0.1, 0.15) is 0 Å². The monoisotopic (exact) mass is 241 g/mol. The van der Waals surface area contributed by atoms with Gasteiger partial charge in [0, 0.05) is 29.6 Å². The van der Waals surface area contributed by atoms with Crippen LogP contribution < -0.4 is 0 Å². The Hall–Kier alpha value is 0.820. The summed E-state index contributed by atoms with van der Waals surface area (Å²) in [6.45, 7) is 0. The van der Waals surface area contributed by atoms with Gasteiger partial charge in [-0.25, -0.2) is 0 Å². The van der Waals surface area contributed by atoms with E-state index < -0.39 is 31.7 Å². The normalized spacial score (nSPS) is 12.2. The first-order valence-corrected chi connectivity index (χ1v) is 6.33. The van der Waals surface area contributed by atoms with Crippen molar-refractivity contribution in [3.8, 4) is 0 Å². The van der Waals surface area contributed by atoms with Crippen LogP contribution in [0.1, 0.15) is 12.8 Å². The molecule has 0 spiro atoms. The Labute approximate surface area is 99.5 Å². The van der Waals surface area contributed by atoms with Gasteiger partial charge in [-0.2, -0.15) is 16.8 Å². The van der Waals surface area contributed by atoms with Gasteiger partial charge in [0.05, 0.1) is 11.5 Å². The zero-order valence-electron chi connectivity index (χ0n) is 7.17. The molecule has 0 aromatic carbocycles. The summed E-state index contributed by atoms with van der Waals surface area (Å²) in [4.78, 5) is 0. The van der Waals surface area contributed by atoms with Gasteiger partial charge in [-0.3, -0.25) is 9.11 Å². The molecular weight excluding hydrogens is 231 g/mol. The first-order chi connectivity index (χ1) is 5.21. The zero-order chi connectivity index (χ0) is 9.83. The molecule has 0 heterocycles. The van der Waals surface area contributed by atoms with Crippen LogP contribution in [0, 0.1) is 0 Å². The van der Waals surface area contributed by atoms with Gasteiger partial charge in [0.25, 0.3) is 20.2 Å². The second-order valence-electron chi connectivity index (χ2n) is 2.28. The summed E-state index contributed by atoms with van der Waals surface area (Å²) in [6, 6.07) is 0. The van der Waals surface area contributed by atoms with E-state index in [0.29, 0.717) is 0 Å². The average molecular weight is 241 g/mol. The summed E-state index contributed by atoms with van der Waals surface area (Å²) < 4.78 is 56.8. The van der Waals surface area contributed by atoms with E-state index in [-0.39, 0.29) is 42.4 Å². The minimum atomic E-state index is -4.02. The molecule has 0 aliphatic rings. The van der Waals surface area contributed by atoms with Crippen LogP contribution in [-0.4, -0.2) is 67.0 Å². The standard InChI is InChI=1S/C4H10O6S2.Na/c5-11(6,7)3-1-2-4-12(8,9)10;/h1-4H2,(H,5,6,7)(H,8,9,10);. The van der Waals surface area contributed by atoms with Gasteiger partial charge in [-0.05, 0) is 12.8 Å². The predicted octanol–water partition coefficient (Wildman–Crippen LogP) is -0.839. The molecule has 0 saturated heterocycles. The Morgan fingerprint density at radius 2 is 1.00 bits per heavy atom. The molecule has 0 rings (SSSR count). The zero-order valence-corrected chi connectivity index (χ0v) is 10.8. The summed E-state index contributed by atoms with van der Waals surface area (Å²) in [5.74, 6) is -0.967. The van der Waals surface area contributed by atoms with Crippen molar-refractivity contribution >= 4 is 49.8 Å². The summed E-state index contributed by atoms with van der Waals surface area (Å²) >= 11 is 0. The molecule has 0 bridgehead atoms. The number of hydrogen-bond acceptors (Lipinski definition) is 4. The van der Waals surface area contributed by atoms with Crippen molar-refractivity contribution in [3.63, 3.8) is 0 Å². The van der Waals surface area contributed by atoms with E-state index in [1.165, 1.54) is 0 Å². The van der Waals surface area contributed by atoms with Crippen LogP contribution in [-0.2, 0) is 20.2 Å². The van der Waals surface area contributed by atoms with Gasteiger partial charge in [0.2, 0.25) is 0 Å². The van der Waals surface area contributed by atoms with E-state index in [2.05, 4.69) is 0 Å². The fourth-order valence-corrected chi connectivity index (χ4v) is 1.71. The minimum Gasteiger partial charge on any atom is -0.286 e. The van der Waals surface area contributed by atoms with Gasteiger partial charge in [-0.15, -0.1) is 0 Å². The molecule has 0 saturated carbocycles. The van der Waals surface area contributed by atoms with Crippen LogP contribution in [0.5, 0.6) is 0 Å². The van der Waals surface area contributed by atoms with Crippen molar-refractivity contribution in [2.24, 2.45) is 0 Å². The molecule has 0 aromatic heterocycles. The molecule has 2 N–H and O–H groups in total. The van der Waals surface area contributed by atoms with Crippen molar-refractivity contribution in [1.82, 2.24) is 0 Å². The van der Waals surface area contributed by atoms with Crippen molar-refractivity contribution in [2.45, 2.75) is 12.8 Å². The second-order valence-corrected chi connectivity index (χ2v) is 5.42. The molecule has 13 heavy (non-hydrogen) atoms. The minimum absolute atomic E-state index is 0. The molecule has 0 amide bonds. The molecule has 9 heteroatoms. The Balaban J connectivity index is 0. The van der Waals surface area contributed by atoms with Crippen molar-refractivity contribution in [3.05, 3.63) is 0 Å². The Morgan fingerprint density at radius 1 is 0.769 bits per heavy atom. The van der Waals surface area contributed by atoms with E-state index in [1.807, 2.05) is 0 Å². The van der Waals surface area contributed by atoms with Crippen molar-refractivity contribution in [2.75, 3.05) is 11.5 Å². The number of rotatable bonds is 5. The van der Waals surface area contributed by atoms with Crippen LogP contribution >= 0.6 is 0 Å². The van der Waals surface area contributed by atoms with E-state index in [4.69, 9.17) is 9.11 Å². The maximum Gasteiger partial charge on any atom is 0.264 e. The molecule has 0 aliphatic carbocycles. The van der Waals surface area contributed by atoms with Crippen LogP contribution in [0.3, 0.4) is 0 Å². The van der Waals surface area contributed by atoms with Gasteiger partial charge >= 0.3 is 0 Å². The molecule has 0 aliphatic heterocycles. The van der Waals surface area contributed by atoms with Crippen molar-refractivity contribution < 1.29 is 25.9 Å². The van der Waals surface area contributed by atoms with E-state index >= 15 is 0 Å². The number of hydrogen-bond donors (Lipinski definition) is 2. The molecule has 0 unspecified atom stereocenters. The summed E-state index contributed by atoms with van der Waals surface area (Å²) in [7, 11) is -8.04. The summed E-state index contributed by atoms with van der Waals surface area (Å²) in [5, 5.41) is 0. The summed E-state index contributed by atoms with van der Waals surface area (Å²) in [6.07, 6.45) is 0.0250. The fourth-order valence-electron chi connectivity index (χ4n) is 0.569. The fraction of sp³-hybridized carbons (Fsp3) is 1.00. The summed E-state index contributed by atoms with van der Waals surface area (Å²) in [5.41, 5.74) is 0. The third-order valence-electron chi connectivity index (χ3n) is 1.05. The van der Waals surface area contributed by atoms with E-state index in [9.17, 15) is 16.8 Å². The topological polar surface area (TPSA) is 109 Å². The van der Waals surface area contributed by atoms with E-state index in [1.54, 1.807) is 0 Å². The molecular formula is C4H10NaO6S2. The quantitative estimate of drug-likeness (QED) is 0.369. The first kappa shape index (κ1) is 16.3. The third kappa shape index (κ3) is 15.6. The van der Waals surface area contributed by atoms with Gasteiger partial charge in [-0.1, -0.05) is 0 Å². The van der Waals surface area contributed by atoms with Gasteiger partial charge < -0.3 is 0 Å². The van der Waals surface area contributed by atoms with Crippen LogP contribution in [0.25, 0.3) is 0 Å². The Morgan fingerprint density at radius 3 is 1.15 bits per heavy atom. The molecule has 6 nitrogen and oxygen atoms in total. The molecule has 75 valence electrons. The Kier molecular flexibility index (Phi) is 7.92. The van der Waals surface area contributed by atoms with E-state index in [0.717, 1.165) is 0 Å². The molecule has 0 fully saturated rings.